The van der Waals surface area contributed by atoms with Gasteiger partial charge in [-0.1, -0.05) is 42.8 Å². The van der Waals surface area contributed by atoms with E-state index in [1.165, 1.54) is 0 Å². The van der Waals surface area contributed by atoms with Gasteiger partial charge in [-0.2, -0.15) is 0 Å². The molecular formula is C20H25Cl2NO4. The van der Waals surface area contributed by atoms with Crippen LogP contribution in [-0.2, 0) is 25.4 Å². The number of halogens is 2. The summed E-state index contributed by atoms with van der Waals surface area (Å²) in [5.74, 6) is -0.161. The van der Waals surface area contributed by atoms with E-state index >= 15 is 0 Å². The molecule has 0 saturated carbocycles. The van der Waals surface area contributed by atoms with Crippen LogP contribution in [0.25, 0.3) is 0 Å². The van der Waals surface area contributed by atoms with Crippen molar-refractivity contribution in [2.45, 2.75) is 18.7 Å². The van der Waals surface area contributed by atoms with Crippen molar-refractivity contribution in [3.05, 3.63) is 52.7 Å². The zero-order valence-electron chi connectivity index (χ0n) is 15.5. The van der Waals surface area contributed by atoms with E-state index in [9.17, 15) is 4.79 Å². The van der Waals surface area contributed by atoms with Gasteiger partial charge in [-0.3, -0.25) is 4.79 Å². The summed E-state index contributed by atoms with van der Waals surface area (Å²) in [7, 11) is 1.61. The highest BCUT2D eigenvalue weighted by Gasteiger charge is 2.24. The lowest BCUT2D eigenvalue weighted by molar-refractivity contribution is -0.144. The number of esters is 1. The van der Waals surface area contributed by atoms with E-state index < -0.39 is 0 Å². The molecule has 7 heteroatoms. The summed E-state index contributed by atoms with van der Waals surface area (Å²) < 4.78 is 15.4. The van der Waals surface area contributed by atoms with Crippen LogP contribution in [0.2, 0.25) is 0 Å². The van der Waals surface area contributed by atoms with Crippen molar-refractivity contribution >= 4 is 34.9 Å². The highest BCUT2D eigenvalue weighted by Crippen LogP contribution is 2.32. The minimum absolute atomic E-state index is 0.143. The molecule has 1 aliphatic carbocycles. The van der Waals surface area contributed by atoms with Gasteiger partial charge in [-0.15, -0.1) is 11.6 Å². The van der Waals surface area contributed by atoms with Crippen molar-refractivity contribution in [2.75, 3.05) is 38.9 Å². The predicted octanol–water partition coefficient (Wildman–Crippen LogP) is 4.11. The van der Waals surface area contributed by atoms with Crippen LogP contribution in [0, 0.1) is 5.92 Å². The van der Waals surface area contributed by atoms with Crippen molar-refractivity contribution in [3.63, 3.8) is 0 Å². The molecule has 0 aromatic heterocycles. The molecule has 1 aromatic rings. The summed E-state index contributed by atoms with van der Waals surface area (Å²) in [4.78, 5) is 12.1. The van der Waals surface area contributed by atoms with Gasteiger partial charge in [0, 0.05) is 12.8 Å². The smallest absolute Gasteiger partial charge is 0.310 e. The molecule has 27 heavy (non-hydrogen) atoms. The Labute approximate surface area is 170 Å². The number of ether oxygens (including phenoxy) is 3. The van der Waals surface area contributed by atoms with Crippen LogP contribution >= 0.6 is 23.2 Å². The first-order valence-corrected chi connectivity index (χ1v) is 9.63. The van der Waals surface area contributed by atoms with Crippen LogP contribution in [0.4, 0.5) is 5.69 Å². The summed E-state index contributed by atoms with van der Waals surface area (Å²) in [5, 5.41) is 3.60. The van der Waals surface area contributed by atoms with Crippen LogP contribution in [0.5, 0.6) is 0 Å². The Morgan fingerprint density at radius 2 is 1.93 bits per heavy atom. The Bertz CT molecular complexity index is 690. The molecule has 2 unspecified atom stereocenters. The minimum Gasteiger partial charge on any atom is -0.463 e. The van der Waals surface area contributed by atoms with E-state index in [0.29, 0.717) is 24.9 Å². The Morgan fingerprint density at radius 3 is 2.70 bits per heavy atom. The molecule has 0 spiro atoms. The number of hydrogen-bond acceptors (Lipinski definition) is 5. The molecule has 2 atom stereocenters. The third-order valence-corrected chi connectivity index (χ3v) is 5.03. The van der Waals surface area contributed by atoms with Crippen LogP contribution < -0.4 is 5.32 Å². The van der Waals surface area contributed by atoms with E-state index in [1.807, 2.05) is 43.3 Å². The van der Waals surface area contributed by atoms with Gasteiger partial charge in [0.25, 0.3) is 0 Å². The maximum absolute atomic E-state index is 12.1. The van der Waals surface area contributed by atoms with Gasteiger partial charge in [-0.05, 0) is 23.6 Å². The van der Waals surface area contributed by atoms with E-state index in [2.05, 4.69) is 5.32 Å². The Kier molecular flexibility index (Phi) is 9.15. The van der Waals surface area contributed by atoms with Crippen LogP contribution in [0.3, 0.4) is 0 Å². The van der Waals surface area contributed by atoms with Crippen LogP contribution in [0.15, 0.2) is 47.1 Å². The second-order valence-electron chi connectivity index (χ2n) is 6.17. The average Bonchev–Trinajstić information content (AvgIpc) is 2.66. The first-order chi connectivity index (χ1) is 13.0. The van der Waals surface area contributed by atoms with E-state index in [-0.39, 0.29) is 30.3 Å². The number of hydrogen-bond donors (Lipinski definition) is 1. The quantitative estimate of drug-likeness (QED) is 0.355. The fraction of sp³-hybridized carbons (Fsp3) is 0.450. The molecule has 0 bridgehead atoms. The van der Waals surface area contributed by atoms with Crippen molar-refractivity contribution < 1.29 is 19.0 Å². The number of alkyl halides is 1. The number of allylic oxidation sites excluding steroid dienone is 4. The van der Waals surface area contributed by atoms with Crippen molar-refractivity contribution in [3.8, 4) is 0 Å². The Balaban J connectivity index is 1.93. The number of nitrogens with one attached hydrogen (secondary N) is 1. The van der Waals surface area contributed by atoms with Crippen LogP contribution in [-0.4, -0.2) is 44.9 Å². The normalized spacial score (nSPS) is 19.3. The number of carbonyl (C=O) groups excluding carboxylic acids is 1. The molecule has 2 rings (SSSR count). The third-order valence-electron chi connectivity index (χ3n) is 4.08. The summed E-state index contributed by atoms with van der Waals surface area (Å²) in [6.07, 6.45) is 3.96. The lowest BCUT2D eigenvalue weighted by atomic mass is 9.99. The largest absolute Gasteiger partial charge is 0.463 e. The monoisotopic (exact) mass is 413 g/mol. The zero-order valence-corrected chi connectivity index (χ0v) is 17.1. The predicted molar refractivity (Wildman–Crippen MR) is 108 cm³/mol. The fourth-order valence-corrected chi connectivity index (χ4v) is 3.10. The standard InChI is InChI=1S/C20H25Cl2NO4/c1-14-7-8-16(21)20(19(14)22)23-17-6-4-3-5-15(17)13-18(24)27-12-11-26-10-9-25-2/h3-8,14,19,23H,9-13H2,1-2H3. The molecule has 148 valence electrons. The highest BCUT2D eigenvalue weighted by atomic mass is 35.5. The van der Waals surface area contributed by atoms with Gasteiger partial charge in [0.05, 0.1) is 42.3 Å². The molecular weight excluding hydrogens is 389 g/mol. The number of rotatable bonds is 10. The van der Waals surface area contributed by atoms with Gasteiger partial charge < -0.3 is 19.5 Å². The van der Waals surface area contributed by atoms with Crippen molar-refractivity contribution in [1.29, 1.82) is 0 Å². The first-order valence-electron chi connectivity index (χ1n) is 8.82. The lowest BCUT2D eigenvalue weighted by Gasteiger charge is -2.25. The van der Waals surface area contributed by atoms with Gasteiger partial charge in [0.2, 0.25) is 0 Å². The number of methoxy groups -OCH3 is 1. The van der Waals surface area contributed by atoms with E-state index in [1.54, 1.807) is 7.11 Å². The minimum atomic E-state index is -0.320. The van der Waals surface area contributed by atoms with E-state index in [0.717, 1.165) is 16.9 Å². The van der Waals surface area contributed by atoms with Crippen molar-refractivity contribution in [2.24, 2.45) is 5.92 Å². The van der Waals surface area contributed by atoms with Gasteiger partial charge in [0.15, 0.2) is 0 Å². The Morgan fingerprint density at radius 1 is 1.19 bits per heavy atom. The maximum Gasteiger partial charge on any atom is 0.310 e. The Hall–Kier alpha value is -1.53. The summed E-state index contributed by atoms with van der Waals surface area (Å²) in [6, 6.07) is 7.53. The third kappa shape index (κ3) is 6.85. The van der Waals surface area contributed by atoms with Crippen LogP contribution in [0.1, 0.15) is 12.5 Å². The molecule has 0 amide bonds. The number of para-hydroxylation sites is 1. The van der Waals surface area contributed by atoms with Gasteiger partial charge in [0.1, 0.15) is 6.61 Å². The topological polar surface area (TPSA) is 56.8 Å². The molecule has 0 radical (unpaired) electrons. The number of benzene rings is 1. The molecule has 1 N–H and O–H groups in total. The summed E-state index contributed by atoms with van der Waals surface area (Å²) >= 11 is 12.8. The maximum atomic E-state index is 12.1. The summed E-state index contributed by atoms with van der Waals surface area (Å²) in [5.41, 5.74) is 2.33. The molecule has 0 aliphatic heterocycles. The van der Waals surface area contributed by atoms with Gasteiger partial charge >= 0.3 is 5.97 Å². The van der Waals surface area contributed by atoms with E-state index in [4.69, 9.17) is 37.4 Å². The molecule has 1 aliphatic rings. The molecule has 1 aromatic carbocycles. The lowest BCUT2D eigenvalue weighted by Crippen LogP contribution is -2.22. The van der Waals surface area contributed by atoms with Crippen molar-refractivity contribution in [1.82, 2.24) is 0 Å². The zero-order chi connectivity index (χ0) is 19.6. The second kappa shape index (κ2) is 11.3. The number of carbonyl (C=O) groups is 1. The highest BCUT2D eigenvalue weighted by molar-refractivity contribution is 6.33. The number of anilines is 1. The molecule has 0 heterocycles. The molecule has 5 nitrogen and oxygen atoms in total. The average molecular weight is 414 g/mol. The first kappa shape index (κ1) is 21.8. The summed E-state index contributed by atoms with van der Waals surface area (Å²) in [6.45, 7) is 3.57. The fourth-order valence-electron chi connectivity index (χ4n) is 2.55. The molecule has 0 fully saturated rings. The van der Waals surface area contributed by atoms with Gasteiger partial charge in [-0.25, -0.2) is 0 Å². The SMILES string of the molecule is COCCOCCOC(=O)Cc1ccccc1NC1=C(Cl)C=CC(C)C1Cl. The molecule has 0 saturated heterocycles. The second-order valence-corrected chi connectivity index (χ2v) is 7.04.